The second-order valence-electron chi connectivity index (χ2n) is 14.6. The first kappa shape index (κ1) is 38.7. The van der Waals surface area contributed by atoms with Crippen LogP contribution in [0.1, 0.15) is 87.4 Å². The molecule has 2 amide bonds. The smallest absolute Gasteiger partial charge is 0.411 e. The number of aromatic nitrogens is 5. The van der Waals surface area contributed by atoms with Crippen molar-refractivity contribution >= 4 is 29.6 Å². The summed E-state index contributed by atoms with van der Waals surface area (Å²) in [7, 11) is 0. The summed E-state index contributed by atoms with van der Waals surface area (Å²) in [6.45, 7) is 2.37. The molecule has 12 nitrogen and oxygen atoms in total. The van der Waals surface area contributed by atoms with Crippen LogP contribution in [0.25, 0.3) is 22.5 Å². The fourth-order valence-electron chi connectivity index (χ4n) is 5.78. The largest absolute Gasteiger partial charge is 0.447 e. The number of nitrogens with one attached hydrogen (secondary N) is 1. The van der Waals surface area contributed by atoms with Gasteiger partial charge in [0.15, 0.2) is 11.8 Å². The number of benzene rings is 2. The van der Waals surface area contributed by atoms with Gasteiger partial charge in [-0.25, -0.2) is 9.78 Å². The zero-order valence-corrected chi connectivity index (χ0v) is 30.4. The lowest BCUT2D eigenvalue weighted by Crippen LogP contribution is -2.49. The van der Waals surface area contributed by atoms with Crippen LogP contribution in [0.4, 0.5) is 26.7 Å². The molecule has 0 aliphatic heterocycles. The number of rotatable bonds is 12. The van der Waals surface area contributed by atoms with Gasteiger partial charge in [0.25, 0.3) is 5.91 Å². The molecule has 54 heavy (non-hydrogen) atoms. The molecule has 0 unspecified atom stereocenters. The lowest BCUT2D eigenvalue weighted by atomic mass is 9.92. The predicted octanol–water partition coefficient (Wildman–Crippen LogP) is 7.95. The summed E-state index contributed by atoms with van der Waals surface area (Å²) in [5.74, 6) is -1.28. The summed E-state index contributed by atoms with van der Waals surface area (Å²) >= 11 is 6.46. The summed E-state index contributed by atoms with van der Waals surface area (Å²) in [5, 5.41) is 9.90. The van der Waals surface area contributed by atoms with Crippen LogP contribution in [-0.4, -0.2) is 72.3 Å². The average Bonchev–Trinajstić information content (AvgIpc) is 4.00. The number of carbonyl (C=O) groups excluding carboxylic acids is 2. The van der Waals surface area contributed by atoms with E-state index in [1.807, 2.05) is 37.0 Å². The average molecular weight is 776 g/mol. The van der Waals surface area contributed by atoms with Gasteiger partial charge in [-0.15, -0.1) is 0 Å². The van der Waals surface area contributed by atoms with E-state index in [1.165, 1.54) is 18.2 Å². The molecule has 3 N–H and O–H groups in total. The monoisotopic (exact) mass is 775 g/mol. The Bertz CT molecular complexity index is 2020. The van der Waals surface area contributed by atoms with E-state index < -0.39 is 42.9 Å². The number of alkyl halides is 5. The Balaban J connectivity index is 1.39. The number of ether oxygens (including phenoxy) is 1. The third-order valence-electron chi connectivity index (χ3n) is 9.28. The van der Waals surface area contributed by atoms with Gasteiger partial charge in [-0.1, -0.05) is 50.6 Å². The third kappa shape index (κ3) is 8.66. The minimum Gasteiger partial charge on any atom is -0.447 e. The molecule has 2 aromatic heterocycles. The maximum atomic E-state index is 14.5. The second kappa shape index (κ2) is 15.0. The lowest BCUT2D eigenvalue weighted by Gasteiger charge is -2.32. The number of aliphatic imine (C=N–C) groups is 1. The van der Waals surface area contributed by atoms with Crippen molar-refractivity contribution in [2.75, 3.05) is 13.2 Å². The SMILES string of the molecule is CC(C)(C)CCN=C(N)N(C(=O)c1ccc(-c2cnn(C3CC3)c2)cc1)[C@H](COC(=O)NC1(C(F)(F)F)CC1)c1ccc(Cl)c(-c2ncnn2C(F)F)c1. The van der Waals surface area contributed by atoms with E-state index in [1.54, 1.807) is 30.5 Å². The normalized spacial score (nSPS) is 16.3. The number of carbonyl (C=O) groups is 2. The number of alkyl carbamates (subject to hydrolysis) is 1. The number of nitrogens with zero attached hydrogens (tertiary/aromatic N) is 7. The Morgan fingerprint density at radius 1 is 1.09 bits per heavy atom. The third-order valence-corrected chi connectivity index (χ3v) is 9.61. The second-order valence-corrected chi connectivity index (χ2v) is 15.0. The molecule has 2 heterocycles. The minimum atomic E-state index is -4.72. The topological polar surface area (TPSA) is 146 Å². The highest BCUT2D eigenvalue weighted by Gasteiger charge is 2.64. The first-order valence-corrected chi connectivity index (χ1v) is 17.6. The number of hydrogen-bond donors (Lipinski definition) is 2. The Morgan fingerprint density at radius 3 is 2.41 bits per heavy atom. The predicted molar refractivity (Wildman–Crippen MR) is 190 cm³/mol. The van der Waals surface area contributed by atoms with E-state index in [-0.39, 0.29) is 58.3 Å². The Labute approximate surface area is 312 Å². The molecule has 18 heteroatoms. The van der Waals surface area contributed by atoms with E-state index >= 15 is 0 Å². The summed E-state index contributed by atoms with van der Waals surface area (Å²) in [4.78, 5) is 36.9. The summed E-state index contributed by atoms with van der Waals surface area (Å²) < 4.78 is 76.4. The van der Waals surface area contributed by atoms with Gasteiger partial charge in [0.05, 0.1) is 23.3 Å². The molecule has 2 saturated carbocycles. The summed E-state index contributed by atoms with van der Waals surface area (Å²) in [6.07, 6.45) is 0.510. The van der Waals surface area contributed by atoms with Crippen LogP contribution < -0.4 is 11.1 Å². The van der Waals surface area contributed by atoms with Crippen LogP contribution in [0, 0.1) is 5.41 Å². The zero-order valence-electron chi connectivity index (χ0n) is 29.7. The molecule has 2 aromatic carbocycles. The molecule has 4 aromatic rings. The molecular weight excluding hydrogens is 737 g/mol. The van der Waals surface area contributed by atoms with E-state index in [0.29, 0.717) is 17.1 Å². The van der Waals surface area contributed by atoms with Gasteiger partial charge in [0.1, 0.15) is 18.5 Å². The molecule has 0 bridgehead atoms. The van der Waals surface area contributed by atoms with Gasteiger partial charge < -0.3 is 15.8 Å². The van der Waals surface area contributed by atoms with Gasteiger partial charge in [0, 0.05) is 29.4 Å². The molecule has 1 atom stereocenters. The fraction of sp³-hybridized carbons (Fsp3) is 0.444. The van der Waals surface area contributed by atoms with Gasteiger partial charge >= 0.3 is 18.8 Å². The van der Waals surface area contributed by atoms with Gasteiger partial charge in [-0.05, 0) is 72.9 Å². The number of halogens is 6. The van der Waals surface area contributed by atoms with Crippen molar-refractivity contribution in [3.8, 4) is 22.5 Å². The van der Waals surface area contributed by atoms with Crippen LogP contribution in [0.2, 0.25) is 5.02 Å². The summed E-state index contributed by atoms with van der Waals surface area (Å²) in [6, 6.07) is 9.79. The quantitative estimate of drug-likeness (QED) is 0.0844. The molecule has 2 aliphatic rings. The molecule has 0 radical (unpaired) electrons. The van der Waals surface area contributed by atoms with Gasteiger partial charge in [-0.2, -0.15) is 36.8 Å². The van der Waals surface area contributed by atoms with Crippen LogP contribution in [0.5, 0.6) is 0 Å². The molecular formula is C36H39ClF5N9O3. The molecule has 288 valence electrons. The molecule has 2 aliphatic carbocycles. The molecule has 0 spiro atoms. The first-order chi connectivity index (χ1) is 25.5. The highest BCUT2D eigenvalue weighted by Crippen LogP contribution is 2.49. The van der Waals surface area contributed by atoms with Crippen molar-refractivity contribution in [1.82, 2.24) is 34.8 Å². The van der Waals surface area contributed by atoms with E-state index in [0.717, 1.165) is 35.2 Å². The van der Waals surface area contributed by atoms with E-state index in [9.17, 15) is 31.5 Å². The Hall–Kier alpha value is -5.06. The van der Waals surface area contributed by atoms with Crippen molar-refractivity contribution < 1.29 is 36.3 Å². The van der Waals surface area contributed by atoms with Crippen LogP contribution in [-0.2, 0) is 4.74 Å². The fourth-order valence-corrected chi connectivity index (χ4v) is 5.98. The maximum absolute atomic E-state index is 14.5. The maximum Gasteiger partial charge on any atom is 0.411 e. The van der Waals surface area contributed by atoms with Crippen LogP contribution in [0.3, 0.4) is 0 Å². The first-order valence-electron chi connectivity index (χ1n) is 17.2. The minimum absolute atomic E-state index is 0.00259. The van der Waals surface area contributed by atoms with Crippen molar-refractivity contribution in [3.63, 3.8) is 0 Å². The van der Waals surface area contributed by atoms with Gasteiger partial charge in [0.2, 0.25) is 0 Å². The number of guanidine groups is 1. The Morgan fingerprint density at radius 2 is 1.80 bits per heavy atom. The standard InChI is InChI=1S/C36H39ClF5N9O3/c1-34(2,3)14-15-44-32(43)50(30(52)22-6-4-21(5-7-22)24-17-46-49(18-24)25-9-10-25)28(19-54-33(53)48-35(12-13-35)36(40,41)42)23-8-11-27(37)26(16-23)29-45-20-47-51(29)31(38)39/h4-8,11,16-18,20,25,28,31H,9-10,12-15,19H2,1-3H3,(H2,43,44)(H,48,53)/t28-/m1/s1. The van der Waals surface area contributed by atoms with Crippen molar-refractivity contribution in [3.05, 3.63) is 77.3 Å². The van der Waals surface area contributed by atoms with E-state index in [2.05, 4.69) is 20.2 Å². The highest BCUT2D eigenvalue weighted by molar-refractivity contribution is 6.33. The Kier molecular flexibility index (Phi) is 10.7. The molecule has 2 fully saturated rings. The molecule has 6 rings (SSSR count). The highest BCUT2D eigenvalue weighted by atomic mass is 35.5. The van der Waals surface area contributed by atoms with Crippen LogP contribution >= 0.6 is 11.6 Å². The number of amides is 2. The molecule has 0 saturated heterocycles. The number of nitrogens with two attached hydrogens (primary N) is 1. The van der Waals surface area contributed by atoms with Crippen LogP contribution in [0.15, 0.2) is 66.2 Å². The van der Waals surface area contributed by atoms with Gasteiger partial charge in [-0.3, -0.25) is 19.4 Å². The van der Waals surface area contributed by atoms with Crippen molar-refractivity contribution in [1.29, 1.82) is 0 Å². The van der Waals surface area contributed by atoms with Crippen molar-refractivity contribution in [2.45, 2.75) is 83.2 Å². The summed E-state index contributed by atoms with van der Waals surface area (Å²) in [5.41, 5.74) is 5.92. The van der Waals surface area contributed by atoms with Crippen molar-refractivity contribution in [2.24, 2.45) is 16.1 Å². The lowest BCUT2D eigenvalue weighted by molar-refractivity contribution is -0.164. The van der Waals surface area contributed by atoms with E-state index in [4.69, 9.17) is 22.1 Å². The zero-order chi connectivity index (χ0) is 39.0. The number of hydrogen-bond acceptors (Lipinski definition) is 7.